The van der Waals surface area contributed by atoms with Gasteiger partial charge in [-0.3, -0.25) is 9.59 Å². The fourth-order valence-electron chi connectivity index (χ4n) is 1.90. The van der Waals surface area contributed by atoms with Gasteiger partial charge in [0.05, 0.1) is 25.1 Å². The van der Waals surface area contributed by atoms with Gasteiger partial charge in [0, 0.05) is 4.88 Å². The van der Waals surface area contributed by atoms with Crippen molar-refractivity contribution in [2.45, 2.75) is 6.92 Å². The molecule has 0 saturated heterocycles. The minimum Gasteiger partial charge on any atom is -0.497 e. The second-order valence-corrected chi connectivity index (χ2v) is 6.25. The van der Waals surface area contributed by atoms with E-state index < -0.39 is 0 Å². The van der Waals surface area contributed by atoms with Crippen LogP contribution in [0.3, 0.4) is 0 Å². The number of aryl methyl sites for hydroxylation is 1. The van der Waals surface area contributed by atoms with Crippen LogP contribution in [0.15, 0.2) is 36.4 Å². The van der Waals surface area contributed by atoms with Gasteiger partial charge < -0.3 is 20.1 Å². The van der Waals surface area contributed by atoms with Gasteiger partial charge in [0.25, 0.3) is 5.91 Å². The molecule has 7 heteroatoms. The summed E-state index contributed by atoms with van der Waals surface area (Å²) in [6, 6.07) is 10.8. The van der Waals surface area contributed by atoms with Crippen LogP contribution in [-0.4, -0.2) is 38.6 Å². The average Bonchev–Trinajstić information content (AvgIpc) is 3.03. The van der Waals surface area contributed by atoms with Gasteiger partial charge in [-0.2, -0.15) is 0 Å². The van der Waals surface area contributed by atoms with Crippen LogP contribution < -0.4 is 20.1 Å². The van der Waals surface area contributed by atoms with Crippen LogP contribution in [0.1, 0.15) is 14.5 Å². The second kappa shape index (κ2) is 8.93. The lowest BCUT2D eigenvalue weighted by molar-refractivity contribution is -0.120. The topological polar surface area (TPSA) is 76.7 Å². The van der Waals surface area contributed by atoms with Crippen molar-refractivity contribution in [3.8, 4) is 11.5 Å². The smallest absolute Gasteiger partial charge is 0.261 e. The standard InChI is InChI=1S/C17H20N2O4S/c1-12-3-8-15(24-12)17(21)19-11-16(20)18-9-10-23-14-6-4-13(22-2)5-7-14/h3-8H,9-11H2,1-2H3,(H,18,20)(H,19,21). The molecule has 24 heavy (non-hydrogen) atoms. The average molecular weight is 348 g/mol. The predicted octanol–water partition coefficient (Wildman–Crippen LogP) is 1.99. The number of carbonyl (C=O) groups is 2. The van der Waals surface area contributed by atoms with Crippen LogP contribution in [0.4, 0.5) is 0 Å². The van der Waals surface area contributed by atoms with Crippen LogP contribution in [-0.2, 0) is 4.79 Å². The third-order valence-corrected chi connectivity index (χ3v) is 4.13. The summed E-state index contributed by atoms with van der Waals surface area (Å²) in [6.07, 6.45) is 0. The number of amides is 2. The molecule has 0 bridgehead atoms. The maximum Gasteiger partial charge on any atom is 0.261 e. The third-order valence-electron chi connectivity index (χ3n) is 3.13. The zero-order valence-corrected chi connectivity index (χ0v) is 14.4. The quantitative estimate of drug-likeness (QED) is 0.715. The lowest BCUT2D eigenvalue weighted by Gasteiger charge is -2.09. The Bertz CT molecular complexity index is 682. The molecule has 2 aromatic rings. The van der Waals surface area contributed by atoms with E-state index in [2.05, 4.69) is 10.6 Å². The first-order valence-corrected chi connectivity index (χ1v) is 8.28. The van der Waals surface area contributed by atoms with E-state index in [4.69, 9.17) is 9.47 Å². The molecule has 128 valence electrons. The second-order valence-electron chi connectivity index (χ2n) is 4.97. The summed E-state index contributed by atoms with van der Waals surface area (Å²) >= 11 is 1.40. The van der Waals surface area contributed by atoms with Crippen LogP contribution in [0.5, 0.6) is 11.5 Å². The van der Waals surface area contributed by atoms with Crippen molar-refractivity contribution < 1.29 is 19.1 Å². The van der Waals surface area contributed by atoms with E-state index in [1.165, 1.54) is 11.3 Å². The first-order valence-electron chi connectivity index (χ1n) is 7.46. The van der Waals surface area contributed by atoms with Crippen molar-refractivity contribution in [1.82, 2.24) is 10.6 Å². The molecule has 0 spiro atoms. The van der Waals surface area contributed by atoms with E-state index in [-0.39, 0.29) is 18.4 Å². The molecule has 6 nitrogen and oxygen atoms in total. The lowest BCUT2D eigenvalue weighted by atomic mass is 10.3. The Kier molecular flexibility index (Phi) is 6.62. The number of carbonyl (C=O) groups excluding carboxylic acids is 2. The molecule has 1 aromatic carbocycles. The number of methoxy groups -OCH3 is 1. The molecular weight excluding hydrogens is 328 g/mol. The van der Waals surface area contributed by atoms with Crippen LogP contribution >= 0.6 is 11.3 Å². The van der Waals surface area contributed by atoms with E-state index in [0.29, 0.717) is 23.8 Å². The Labute approximate surface area is 144 Å². The molecule has 1 aromatic heterocycles. The van der Waals surface area contributed by atoms with Crippen LogP contribution in [0.25, 0.3) is 0 Å². The van der Waals surface area contributed by atoms with Gasteiger partial charge in [-0.15, -0.1) is 11.3 Å². The highest BCUT2D eigenvalue weighted by molar-refractivity contribution is 7.13. The number of hydrogen-bond donors (Lipinski definition) is 2. The minimum atomic E-state index is -0.255. The number of benzene rings is 1. The zero-order valence-electron chi connectivity index (χ0n) is 13.6. The van der Waals surface area contributed by atoms with Gasteiger partial charge in [0.15, 0.2) is 0 Å². The Balaban J connectivity index is 1.61. The first-order chi connectivity index (χ1) is 11.6. The van der Waals surface area contributed by atoms with E-state index in [1.807, 2.05) is 13.0 Å². The molecule has 0 atom stereocenters. The molecule has 0 fully saturated rings. The van der Waals surface area contributed by atoms with E-state index in [0.717, 1.165) is 10.6 Å². The van der Waals surface area contributed by atoms with E-state index in [9.17, 15) is 9.59 Å². The monoisotopic (exact) mass is 348 g/mol. The molecule has 0 aliphatic carbocycles. The summed E-state index contributed by atoms with van der Waals surface area (Å²) in [4.78, 5) is 25.2. The predicted molar refractivity (Wildman–Crippen MR) is 92.9 cm³/mol. The summed E-state index contributed by atoms with van der Waals surface area (Å²) in [5, 5.41) is 5.28. The summed E-state index contributed by atoms with van der Waals surface area (Å²) in [6.45, 7) is 2.57. The highest BCUT2D eigenvalue weighted by Crippen LogP contribution is 2.16. The normalized spacial score (nSPS) is 10.1. The van der Waals surface area contributed by atoms with Crippen molar-refractivity contribution in [3.05, 3.63) is 46.2 Å². The molecule has 0 radical (unpaired) electrons. The molecule has 2 rings (SSSR count). The summed E-state index contributed by atoms with van der Waals surface area (Å²) < 4.78 is 10.6. The lowest BCUT2D eigenvalue weighted by Crippen LogP contribution is -2.38. The summed E-state index contributed by atoms with van der Waals surface area (Å²) in [5.41, 5.74) is 0. The SMILES string of the molecule is COc1ccc(OCCNC(=O)CNC(=O)c2ccc(C)s2)cc1. The number of hydrogen-bond acceptors (Lipinski definition) is 5. The molecule has 2 amide bonds. The summed E-state index contributed by atoms with van der Waals surface area (Å²) in [7, 11) is 1.60. The molecule has 1 heterocycles. The third kappa shape index (κ3) is 5.58. The molecule has 0 aliphatic heterocycles. The van der Waals surface area contributed by atoms with Crippen LogP contribution in [0.2, 0.25) is 0 Å². The van der Waals surface area contributed by atoms with Gasteiger partial charge in [-0.1, -0.05) is 0 Å². The van der Waals surface area contributed by atoms with Crippen molar-refractivity contribution in [2.75, 3.05) is 26.8 Å². The van der Waals surface area contributed by atoms with Gasteiger partial charge >= 0.3 is 0 Å². The van der Waals surface area contributed by atoms with Crippen molar-refractivity contribution in [3.63, 3.8) is 0 Å². The fourth-order valence-corrected chi connectivity index (χ4v) is 2.68. The van der Waals surface area contributed by atoms with Gasteiger partial charge in [-0.25, -0.2) is 0 Å². The van der Waals surface area contributed by atoms with E-state index in [1.54, 1.807) is 37.4 Å². The van der Waals surface area contributed by atoms with Gasteiger partial charge in [-0.05, 0) is 43.3 Å². The maximum atomic E-state index is 11.8. The highest BCUT2D eigenvalue weighted by Gasteiger charge is 2.09. The van der Waals surface area contributed by atoms with Crippen molar-refractivity contribution >= 4 is 23.2 Å². The van der Waals surface area contributed by atoms with Gasteiger partial charge in [0.1, 0.15) is 18.1 Å². The number of thiophene rings is 1. The molecule has 0 aliphatic rings. The fraction of sp³-hybridized carbons (Fsp3) is 0.294. The number of rotatable bonds is 8. The maximum absolute atomic E-state index is 11.8. The van der Waals surface area contributed by atoms with Gasteiger partial charge in [0.2, 0.25) is 5.91 Å². The summed E-state index contributed by atoms with van der Waals surface area (Å²) in [5.74, 6) is 0.964. The Hall–Kier alpha value is -2.54. The Morgan fingerprint density at radius 2 is 1.75 bits per heavy atom. The van der Waals surface area contributed by atoms with Crippen molar-refractivity contribution in [1.29, 1.82) is 0 Å². The molecular formula is C17H20N2O4S. The molecule has 2 N–H and O–H groups in total. The van der Waals surface area contributed by atoms with Crippen LogP contribution in [0, 0.1) is 6.92 Å². The number of ether oxygens (including phenoxy) is 2. The Morgan fingerprint density at radius 1 is 1.04 bits per heavy atom. The molecule has 0 unspecified atom stereocenters. The first kappa shape index (κ1) is 17.8. The zero-order chi connectivity index (χ0) is 17.4. The molecule has 0 saturated carbocycles. The highest BCUT2D eigenvalue weighted by atomic mass is 32.1. The Morgan fingerprint density at radius 3 is 2.38 bits per heavy atom. The minimum absolute atomic E-state index is 0.0572. The van der Waals surface area contributed by atoms with Crippen molar-refractivity contribution in [2.24, 2.45) is 0 Å². The number of nitrogens with one attached hydrogen (secondary N) is 2. The van der Waals surface area contributed by atoms with E-state index >= 15 is 0 Å². The largest absolute Gasteiger partial charge is 0.497 e.